The molecule has 1 fully saturated rings. The Morgan fingerprint density at radius 2 is 1.81 bits per heavy atom. The Morgan fingerprint density at radius 3 is 2.29 bits per heavy atom. The summed E-state index contributed by atoms with van der Waals surface area (Å²) in [6, 6.07) is 0. The first-order valence-electron chi connectivity index (χ1n) is 7.63. The minimum Gasteiger partial charge on any atom is -0.481 e. The summed E-state index contributed by atoms with van der Waals surface area (Å²) in [5.41, 5.74) is -0.827. The van der Waals surface area contributed by atoms with Crippen molar-refractivity contribution in [2.75, 3.05) is 26.2 Å². The quantitative estimate of drug-likeness (QED) is 0.769. The number of carboxylic acid groups (broad SMARTS) is 1. The van der Waals surface area contributed by atoms with Crippen molar-refractivity contribution in [1.29, 1.82) is 0 Å². The van der Waals surface area contributed by atoms with E-state index in [9.17, 15) is 14.4 Å². The Balaban J connectivity index is 2.36. The molecule has 1 aliphatic heterocycles. The lowest BCUT2D eigenvalue weighted by Crippen LogP contribution is -2.35. The van der Waals surface area contributed by atoms with Gasteiger partial charge in [0, 0.05) is 39.0 Å². The molecule has 1 aliphatic rings. The van der Waals surface area contributed by atoms with Crippen molar-refractivity contribution >= 4 is 17.8 Å². The summed E-state index contributed by atoms with van der Waals surface area (Å²) < 4.78 is 0. The monoisotopic (exact) mass is 298 g/mol. The summed E-state index contributed by atoms with van der Waals surface area (Å²) in [5, 5.41) is 9.15. The van der Waals surface area contributed by atoms with E-state index in [4.69, 9.17) is 5.11 Å². The number of amides is 2. The lowest BCUT2D eigenvalue weighted by Gasteiger charge is -2.21. The van der Waals surface area contributed by atoms with E-state index in [1.165, 1.54) is 0 Å². The third kappa shape index (κ3) is 4.44. The molecular weight excluding hydrogens is 272 g/mol. The third-order valence-electron chi connectivity index (χ3n) is 4.24. The smallest absolute Gasteiger partial charge is 0.311 e. The fourth-order valence-electron chi connectivity index (χ4n) is 2.63. The molecule has 0 saturated carbocycles. The maximum Gasteiger partial charge on any atom is 0.311 e. The van der Waals surface area contributed by atoms with Gasteiger partial charge in [-0.25, -0.2) is 0 Å². The maximum absolute atomic E-state index is 12.1. The van der Waals surface area contributed by atoms with Crippen LogP contribution in [0.1, 0.15) is 46.5 Å². The SMILES string of the molecule is CCN(CC)C(=O)CCCC(=O)N1CCC(C)(C(=O)O)C1. The van der Waals surface area contributed by atoms with Gasteiger partial charge in [0.15, 0.2) is 0 Å². The van der Waals surface area contributed by atoms with Crippen LogP contribution in [-0.4, -0.2) is 58.9 Å². The Morgan fingerprint density at radius 1 is 1.19 bits per heavy atom. The molecule has 1 saturated heterocycles. The van der Waals surface area contributed by atoms with Gasteiger partial charge < -0.3 is 14.9 Å². The highest BCUT2D eigenvalue weighted by Gasteiger charge is 2.41. The topological polar surface area (TPSA) is 77.9 Å². The third-order valence-corrected chi connectivity index (χ3v) is 4.24. The van der Waals surface area contributed by atoms with Crippen LogP contribution in [0, 0.1) is 5.41 Å². The number of hydrogen-bond acceptors (Lipinski definition) is 3. The Hall–Kier alpha value is -1.59. The first-order chi connectivity index (χ1) is 9.84. The molecule has 6 nitrogen and oxygen atoms in total. The molecule has 0 aliphatic carbocycles. The van der Waals surface area contributed by atoms with Gasteiger partial charge in [-0.3, -0.25) is 14.4 Å². The van der Waals surface area contributed by atoms with Crippen molar-refractivity contribution in [3.05, 3.63) is 0 Å². The van der Waals surface area contributed by atoms with Gasteiger partial charge in [0.1, 0.15) is 0 Å². The van der Waals surface area contributed by atoms with Gasteiger partial charge in [0.25, 0.3) is 0 Å². The van der Waals surface area contributed by atoms with Gasteiger partial charge in [-0.2, -0.15) is 0 Å². The summed E-state index contributed by atoms with van der Waals surface area (Å²) in [5.74, 6) is -0.827. The fraction of sp³-hybridized carbons (Fsp3) is 0.800. The van der Waals surface area contributed by atoms with Gasteiger partial charge in [0.2, 0.25) is 11.8 Å². The highest BCUT2D eigenvalue weighted by atomic mass is 16.4. The van der Waals surface area contributed by atoms with Crippen molar-refractivity contribution in [1.82, 2.24) is 9.80 Å². The van der Waals surface area contributed by atoms with Crippen LogP contribution in [0.5, 0.6) is 0 Å². The number of carbonyl (C=O) groups excluding carboxylic acids is 2. The normalized spacial score (nSPS) is 21.4. The molecule has 6 heteroatoms. The second-order valence-corrected chi connectivity index (χ2v) is 5.85. The summed E-state index contributed by atoms with van der Waals surface area (Å²) in [6.07, 6.45) is 1.70. The van der Waals surface area contributed by atoms with Crippen molar-refractivity contribution in [3.8, 4) is 0 Å². The number of nitrogens with zero attached hydrogens (tertiary/aromatic N) is 2. The highest BCUT2D eigenvalue weighted by Crippen LogP contribution is 2.30. The zero-order valence-corrected chi connectivity index (χ0v) is 13.2. The minimum absolute atomic E-state index is 0.0488. The van der Waals surface area contributed by atoms with Crippen LogP contribution >= 0.6 is 0 Å². The predicted molar refractivity (Wildman–Crippen MR) is 78.7 cm³/mol. The van der Waals surface area contributed by atoms with E-state index in [0.29, 0.717) is 45.3 Å². The van der Waals surface area contributed by atoms with E-state index in [2.05, 4.69) is 0 Å². The van der Waals surface area contributed by atoms with Crippen molar-refractivity contribution in [2.45, 2.75) is 46.5 Å². The molecule has 1 N–H and O–H groups in total. The first-order valence-corrected chi connectivity index (χ1v) is 7.63. The van der Waals surface area contributed by atoms with E-state index < -0.39 is 11.4 Å². The lowest BCUT2D eigenvalue weighted by molar-refractivity contribution is -0.147. The number of aliphatic carboxylic acids is 1. The van der Waals surface area contributed by atoms with E-state index in [1.54, 1.807) is 16.7 Å². The maximum atomic E-state index is 12.1. The molecule has 1 heterocycles. The van der Waals surface area contributed by atoms with E-state index in [1.807, 2.05) is 13.8 Å². The predicted octanol–water partition coefficient (Wildman–Crippen LogP) is 1.35. The minimum atomic E-state index is -0.852. The molecule has 0 spiro atoms. The molecule has 0 aromatic heterocycles. The van der Waals surface area contributed by atoms with E-state index in [0.717, 1.165) is 0 Å². The molecule has 0 aromatic carbocycles. The molecule has 120 valence electrons. The van der Waals surface area contributed by atoms with Gasteiger partial charge in [0.05, 0.1) is 5.41 Å². The molecule has 0 aromatic rings. The fourth-order valence-corrected chi connectivity index (χ4v) is 2.63. The molecule has 1 unspecified atom stereocenters. The van der Waals surface area contributed by atoms with Gasteiger partial charge in [-0.15, -0.1) is 0 Å². The van der Waals surface area contributed by atoms with Crippen LogP contribution in [0.3, 0.4) is 0 Å². The molecular formula is C15H26N2O4. The van der Waals surface area contributed by atoms with Gasteiger partial charge >= 0.3 is 5.97 Å². The molecule has 0 radical (unpaired) electrons. The number of hydrogen-bond donors (Lipinski definition) is 1. The average Bonchev–Trinajstić information content (AvgIpc) is 2.84. The highest BCUT2D eigenvalue weighted by molar-refractivity contribution is 5.81. The largest absolute Gasteiger partial charge is 0.481 e. The molecule has 1 rings (SSSR count). The Labute approximate surface area is 126 Å². The van der Waals surface area contributed by atoms with Crippen LogP contribution in [0.4, 0.5) is 0 Å². The van der Waals surface area contributed by atoms with Crippen LogP contribution in [-0.2, 0) is 14.4 Å². The molecule has 0 bridgehead atoms. The summed E-state index contributed by atoms with van der Waals surface area (Å²) in [7, 11) is 0. The first kappa shape index (κ1) is 17.5. The zero-order chi connectivity index (χ0) is 16.0. The van der Waals surface area contributed by atoms with Crippen molar-refractivity contribution in [3.63, 3.8) is 0 Å². The number of carbonyl (C=O) groups is 3. The zero-order valence-electron chi connectivity index (χ0n) is 13.2. The second-order valence-electron chi connectivity index (χ2n) is 5.85. The van der Waals surface area contributed by atoms with Gasteiger partial charge in [-0.05, 0) is 33.6 Å². The van der Waals surface area contributed by atoms with Crippen LogP contribution < -0.4 is 0 Å². The molecule has 1 atom stereocenters. The summed E-state index contributed by atoms with van der Waals surface area (Å²) in [6.45, 7) is 7.68. The summed E-state index contributed by atoms with van der Waals surface area (Å²) >= 11 is 0. The van der Waals surface area contributed by atoms with Crippen LogP contribution in [0.2, 0.25) is 0 Å². The van der Waals surface area contributed by atoms with Crippen molar-refractivity contribution in [2.24, 2.45) is 5.41 Å². The summed E-state index contributed by atoms with van der Waals surface area (Å²) in [4.78, 5) is 38.4. The number of rotatable bonds is 7. The van der Waals surface area contributed by atoms with Crippen molar-refractivity contribution < 1.29 is 19.5 Å². The van der Waals surface area contributed by atoms with Gasteiger partial charge in [-0.1, -0.05) is 0 Å². The number of carboxylic acids is 1. The lowest BCUT2D eigenvalue weighted by atomic mass is 9.90. The van der Waals surface area contributed by atoms with Crippen LogP contribution in [0.25, 0.3) is 0 Å². The van der Waals surface area contributed by atoms with Crippen LogP contribution in [0.15, 0.2) is 0 Å². The average molecular weight is 298 g/mol. The molecule has 21 heavy (non-hydrogen) atoms. The second kappa shape index (κ2) is 7.43. The molecule has 2 amide bonds. The Kier molecular flexibility index (Phi) is 6.18. The van der Waals surface area contributed by atoms with E-state index in [-0.39, 0.29) is 18.4 Å². The Bertz CT molecular complexity index is 406. The van der Waals surface area contributed by atoms with E-state index >= 15 is 0 Å². The number of likely N-dealkylation sites (tertiary alicyclic amines) is 1. The standard InChI is InChI=1S/C15H26N2O4/c1-4-16(5-2)12(18)7-6-8-13(19)17-10-9-15(3,11-17)14(20)21/h4-11H2,1-3H3,(H,20,21).